The molecule has 0 amide bonds. The molecule has 102 valence electrons. The predicted octanol–water partition coefficient (Wildman–Crippen LogP) is 4.49. The summed E-state index contributed by atoms with van der Waals surface area (Å²) in [5.41, 5.74) is 5.68. The third-order valence-electron chi connectivity index (χ3n) is 4.35. The van der Waals surface area contributed by atoms with Crippen molar-refractivity contribution in [1.82, 2.24) is 4.57 Å². The monoisotopic (exact) mass is 273 g/mol. The third-order valence-corrected chi connectivity index (χ3v) is 6.58. The zero-order valence-electron chi connectivity index (χ0n) is 12.2. The molecule has 19 heavy (non-hydrogen) atoms. The average Bonchev–Trinajstić information content (AvgIpc) is 2.99. The first-order valence-electron chi connectivity index (χ1n) is 7.31. The van der Waals surface area contributed by atoms with Crippen molar-refractivity contribution in [2.45, 2.75) is 40.2 Å². The van der Waals surface area contributed by atoms with E-state index in [0.29, 0.717) is 10.5 Å². The lowest BCUT2D eigenvalue weighted by Crippen LogP contribution is -1.96. The van der Waals surface area contributed by atoms with Crippen LogP contribution in [0.3, 0.4) is 0 Å². The Morgan fingerprint density at radius 3 is 2.63 bits per heavy atom. The molecule has 1 fully saturated rings. The fourth-order valence-electron chi connectivity index (χ4n) is 3.14. The molecule has 1 aromatic heterocycles. The summed E-state index contributed by atoms with van der Waals surface area (Å²) in [5, 5.41) is 3.96. The van der Waals surface area contributed by atoms with E-state index in [1.807, 2.05) is 0 Å². The summed E-state index contributed by atoms with van der Waals surface area (Å²) < 4.78 is 2.42. The van der Waals surface area contributed by atoms with Gasteiger partial charge in [-0.05, 0) is 73.7 Å². The molecule has 0 radical (unpaired) electrons. The van der Waals surface area contributed by atoms with Crippen molar-refractivity contribution in [3.05, 3.63) is 35.0 Å². The minimum Gasteiger partial charge on any atom is -0.345 e. The molecule has 1 aromatic carbocycles. The number of hydrogen-bond donors (Lipinski definition) is 0. The van der Waals surface area contributed by atoms with Crippen LogP contribution in [-0.4, -0.2) is 21.4 Å². The highest BCUT2D eigenvalue weighted by Gasteiger charge is 2.10. The van der Waals surface area contributed by atoms with Crippen LogP contribution < -0.4 is 0 Å². The van der Waals surface area contributed by atoms with Crippen LogP contribution in [0.2, 0.25) is 0 Å². The van der Waals surface area contributed by atoms with Gasteiger partial charge in [-0.25, -0.2) is 0 Å². The molecule has 0 atom stereocenters. The molecule has 0 N–H and O–H groups in total. The second-order valence-electron chi connectivity index (χ2n) is 5.50. The molecule has 0 spiro atoms. The van der Waals surface area contributed by atoms with Crippen LogP contribution in [0.5, 0.6) is 0 Å². The molecule has 0 saturated carbocycles. The van der Waals surface area contributed by atoms with Crippen LogP contribution in [0.1, 0.15) is 36.6 Å². The number of rotatable bonds is 2. The van der Waals surface area contributed by atoms with E-state index in [2.05, 4.69) is 48.9 Å². The fourth-order valence-corrected chi connectivity index (χ4v) is 5.26. The lowest BCUT2D eigenvalue weighted by molar-refractivity contribution is 0.766. The summed E-state index contributed by atoms with van der Waals surface area (Å²) in [7, 11) is 0.540. The van der Waals surface area contributed by atoms with Crippen molar-refractivity contribution in [3.63, 3.8) is 0 Å². The van der Waals surface area contributed by atoms with Gasteiger partial charge in [-0.2, -0.15) is 10.5 Å². The van der Waals surface area contributed by atoms with Gasteiger partial charge < -0.3 is 4.57 Å². The molecule has 1 saturated heterocycles. The molecule has 0 aliphatic carbocycles. The van der Waals surface area contributed by atoms with Crippen molar-refractivity contribution in [2.24, 2.45) is 0 Å². The number of aryl methyl sites for hydroxylation is 2. The topological polar surface area (TPSA) is 4.93 Å². The summed E-state index contributed by atoms with van der Waals surface area (Å²) in [5.74, 6) is 2.82. The van der Waals surface area contributed by atoms with Gasteiger partial charge in [-0.3, -0.25) is 0 Å². The Balaban J connectivity index is 2.10. The Morgan fingerprint density at radius 2 is 1.95 bits per heavy atom. The van der Waals surface area contributed by atoms with Crippen LogP contribution in [0.15, 0.2) is 18.2 Å². The van der Waals surface area contributed by atoms with Gasteiger partial charge in [0.2, 0.25) is 0 Å². The molecule has 1 aliphatic heterocycles. The smallest absolute Gasteiger partial charge is 0.0485 e. The Morgan fingerprint density at radius 1 is 1.21 bits per heavy atom. The van der Waals surface area contributed by atoms with Gasteiger partial charge in [0.1, 0.15) is 0 Å². The van der Waals surface area contributed by atoms with Gasteiger partial charge in [0.05, 0.1) is 0 Å². The van der Waals surface area contributed by atoms with Crippen molar-refractivity contribution in [1.29, 1.82) is 0 Å². The van der Waals surface area contributed by atoms with E-state index in [1.54, 1.807) is 0 Å². The summed E-state index contributed by atoms with van der Waals surface area (Å²) in [6.45, 7) is 7.78. The highest BCUT2D eigenvalue weighted by Crippen LogP contribution is 2.28. The van der Waals surface area contributed by atoms with E-state index in [4.69, 9.17) is 0 Å². The van der Waals surface area contributed by atoms with Gasteiger partial charge in [-0.1, -0.05) is 6.07 Å². The quantitative estimate of drug-likeness (QED) is 0.710. The zero-order chi connectivity index (χ0) is 13.4. The number of hydrogen-bond acceptors (Lipinski definition) is 0. The van der Waals surface area contributed by atoms with E-state index in [-0.39, 0.29) is 0 Å². The number of benzene rings is 1. The van der Waals surface area contributed by atoms with E-state index in [9.17, 15) is 0 Å². The van der Waals surface area contributed by atoms with E-state index >= 15 is 0 Å². The van der Waals surface area contributed by atoms with Gasteiger partial charge >= 0.3 is 0 Å². The highest BCUT2D eigenvalue weighted by atomic mass is 32.2. The molecule has 2 heterocycles. The van der Waals surface area contributed by atoms with Crippen LogP contribution >= 0.6 is 10.5 Å². The Labute approximate surface area is 118 Å². The predicted molar refractivity (Wildman–Crippen MR) is 88.8 cm³/mol. The minimum atomic E-state index is 0.540. The first-order chi connectivity index (χ1) is 9.20. The number of fused-ring (bicyclic) bond motifs is 1. The SMILES string of the molecule is CCn1c(C)c(C)c2cc(C=S3CCCC3)ccc21. The molecule has 1 aliphatic rings. The highest BCUT2D eigenvalue weighted by molar-refractivity contribution is 8.15. The summed E-state index contributed by atoms with van der Waals surface area (Å²) in [4.78, 5) is 0. The Hall–Kier alpha value is -1.02. The van der Waals surface area contributed by atoms with Crippen molar-refractivity contribution in [2.75, 3.05) is 11.5 Å². The summed E-state index contributed by atoms with van der Waals surface area (Å²) in [6.07, 6.45) is 2.85. The normalized spacial score (nSPS) is 16.4. The Bertz CT molecular complexity index is 641. The maximum atomic E-state index is 2.52. The van der Waals surface area contributed by atoms with Crippen molar-refractivity contribution >= 4 is 26.8 Å². The van der Waals surface area contributed by atoms with Crippen LogP contribution in [0.25, 0.3) is 10.9 Å². The molecule has 1 nitrogen and oxygen atoms in total. The van der Waals surface area contributed by atoms with E-state index < -0.39 is 0 Å². The second-order valence-corrected chi connectivity index (χ2v) is 7.63. The molecule has 3 rings (SSSR count). The summed E-state index contributed by atoms with van der Waals surface area (Å²) >= 11 is 0. The standard InChI is InChI=1S/C17H23NS/c1-4-18-14(3)13(2)16-11-15(7-8-17(16)18)12-19-9-5-6-10-19/h7-8,11-12H,4-6,9-10H2,1-3H3. The van der Waals surface area contributed by atoms with Crippen LogP contribution in [0, 0.1) is 13.8 Å². The maximum absolute atomic E-state index is 2.52. The summed E-state index contributed by atoms with van der Waals surface area (Å²) in [6, 6.07) is 7.01. The second kappa shape index (κ2) is 5.16. The van der Waals surface area contributed by atoms with Gasteiger partial charge in [0.25, 0.3) is 0 Å². The van der Waals surface area contributed by atoms with Gasteiger partial charge in [0.15, 0.2) is 0 Å². The lowest BCUT2D eigenvalue weighted by Gasteiger charge is -2.04. The first-order valence-corrected chi connectivity index (χ1v) is 8.94. The molecule has 0 unspecified atom stereocenters. The van der Waals surface area contributed by atoms with Gasteiger partial charge in [0, 0.05) is 23.1 Å². The number of aromatic nitrogens is 1. The number of nitrogens with zero attached hydrogens (tertiary/aromatic N) is 1. The average molecular weight is 273 g/mol. The molecular formula is C17H23NS. The molecule has 2 heteroatoms. The van der Waals surface area contributed by atoms with E-state index in [1.165, 1.54) is 52.1 Å². The zero-order valence-corrected chi connectivity index (χ0v) is 13.0. The molecule has 2 aromatic rings. The maximum Gasteiger partial charge on any atom is 0.0485 e. The van der Waals surface area contributed by atoms with Crippen LogP contribution in [0.4, 0.5) is 0 Å². The largest absolute Gasteiger partial charge is 0.345 e. The molecule has 0 bridgehead atoms. The van der Waals surface area contributed by atoms with Crippen molar-refractivity contribution in [3.8, 4) is 0 Å². The van der Waals surface area contributed by atoms with Crippen molar-refractivity contribution < 1.29 is 0 Å². The minimum absolute atomic E-state index is 0.540. The fraction of sp³-hybridized carbons (Fsp3) is 0.471. The lowest BCUT2D eigenvalue weighted by atomic mass is 10.1. The molecular weight excluding hydrogens is 250 g/mol. The third kappa shape index (κ3) is 2.27. The Kier molecular flexibility index (Phi) is 3.53. The van der Waals surface area contributed by atoms with Gasteiger partial charge in [-0.15, -0.1) is 0 Å². The van der Waals surface area contributed by atoms with E-state index in [0.717, 1.165) is 6.54 Å². The van der Waals surface area contributed by atoms with Crippen LogP contribution in [-0.2, 0) is 6.54 Å². The first kappa shape index (κ1) is 13.0.